The highest BCUT2D eigenvalue weighted by molar-refractivity contribution is 5.14. The molecule has 0 atom stereocenters. The molecule has 1 aromatic carbocycles. The van der Waals surface area contributed by atoms with E-state index in [1.165, 1.54) is 5.56 Å². The van der Waals surface area contributed by atoms with E-state index in [1.807, 2.05) is 10.7 Å². The Labute approximate surface area is 114 Å². The Morgan fingerprint density at radius 2 is 1.89 bits per heavy atom. The van der Waals surface area contributed by atoms with Crippen LogP contribution in [0.1, 0.15) is 31.1 Å². The van der Waals surface area contributed by atoms with Crippen molar-refractivity contribution in [3.63, 3.8) is 0 Å². The van der Waals surface area contributed by atoms with E-state index in [0.29, 0.717) is 0 Å². The van der Waals surface area contributed by atoms with Gasteiger partial charge in [0.1, 0.15) is 5.82 Å². The van der Waals surface area contributed by atoms with Crippen LogP contribution in [0.3, 0.4) is 0 Å². The monoisotopic (exact) mass is 258 g/mol. The molecule has 0 fully saturated rings. The van der Waals surface area contributed by atoms with Crippen molar-refractivity contribution in [2.24, 2.45) is 0 Å². The van der Waals surface area contributed by atoms with Gasteiger partial charge in [-0.2, -0.15) is 5.10 Å². The third kappa shape index (κ3) is 3.89. The second kappa shape index (κ2) is 7.04. The van der Waals surface area contributed by atoms with Crippen molar-refractivity contribution in [2.45, 2.75) is 39.8 Å². The Balaban J connectivity index is 1.81. The summed E-state index contributed by atoms with van der Waals surface area (Å²) in [5.74, 6) is 2.03. The SMILES string of the molecule is CCc1nc(CC)n(CCNCc2ccccc2)n1. The highest BCUT2D eigenvalue weighted by Gasteiger charge is 2.06. The van der Waals surface area contributed by atoms with Crippen LogP contribution in [0.2, 0.25) is 0 Å². The number of nitrogens with one attached hydrogen (secondary N) is 1. The predicted octanol–water partition coefficient (Wildman–Crippen LogP) is 2.19. The molecule has 0 bridgehead atoms. The first-order chi connectivity index (χ1) is 9.33. The molecule has 4 heteroatoms. The minimum atomic E-state index is 0.878. The molecule has 2 aromatic rings. The van der Waals surface area contributed by atoms with Gasteiger partial charge < -0.3 is 5.32 Å². The Hall–Kier alpha value is -1.68. The lowest BCUT2D eigenvalue weighted by molar-refractivity contribution is 0.533. The van der Waals surface area contributed by atoms with Crippen LogP contribution in [-0.4, -0.2) is 21.3 Å². The molecule has 0 aliphatic heterocycles. The average Bonchev–Trinajstić information content (AvgIpc) is 2.87. The summed E-state index contributed by atoms with van der Waals surface area (Å²) in [6.07, 6.45) is 1.84. The minimum Gasteiger partial charge on any atom is -0.311 e. The second-order valence-corrected chi connectivity index (χ2v) is 4.54. The van der Waals surface area contributed by atoms with E-state index < -0.39 is 0 Å². The summed E-state index contributed by atoms with van der Waals surface area (Å²) in [5.41, 5.74) is 1.31. The summed E-state index contributed by atoms with van der Waals surface area (Å²) in [7, 11) is 0. The molecule has 19 heavy (non-hydrogen) atoms. The molecule has 4 nitrogen and oxygen atoms in total. The maximum absolute atomic E-state index is 4.51. The van der Waals surface area contributed by atoms with Gasteiger partial charge in [0, 0.05) is 25.9 Å². The van der Waals surface area contributed by atoms with Crippen molar-refractivity contribution in [3.8, 4) is 0 Å². The molecule has 0 saturated carbocycles. The summed E-state index contributed by atoms with van der Waals surface area (Å²) in [4.78, 5) is 4.51. The Bertz CT molecular complexity index is 490. The average molecular weight is 258 g/mol. The molecule has 102 valence electrons. The molecular formula is C15H22N4. The predicted molar refractivity (Wildman–Crippen MR) is 76.9 cm³/mol. The van der Waals surface area contributed by atoms with Gasteiger partial charge in [-0.15, -0.1) is 0 Å². The zero-order valence-electron chi connectivity index (χ0n) is 11.8. The van der Waals surface area contributed by atoms with Crippen molar-refractivity contribution in [1.82, 2.24) is 20.1 Å². The van der Waals surface area contributed by atoms with Gasteiger partial charge in [-0.3, -0.25) is 0 Å². The molecule has 1 heterocycles. The largest absolute Gasteiger partial charge is 0.311 e. The number of nitrogens with zero attached hydrogens (tertiary/aromatic N) is 3. The first-order valence-electron chi connectivity index (χ1n) is 7.00. The van der Waals surface area contributed by atoms with E-state index in [1.54, 1.807) is 0 Å². The number of rotatable bonds is 7. The molecule has 1 N–H and O–H groups in total. The van der Waals surface area contributed by atoms with Crippen molar-refractivity contribution in [1.29, 1.82) is 0 Å². The van der Waals surface area contributed by atoms with Crippen LogP contribution in [0.15, 0.2) is 30.3 Å². The van der Waals surface area contributed by atoms with Gasteiger partial charge in [-0.05, 0) is 5.56 Å². The molecule has 2 rings (SSSR count). The first-order valence-corrected chi connectivity index (χ1v) is 7.00. The van der Waals surface area contributed by atoms with Gasteiger partial charge in [0.15, 0.2) is 5.82 Å². The first kappa shape index (κ1) is 13.7. The van der Waals surface area contributed by atoms with Crippen LogP contribution in [0.25, 0.3) is 0 Å². The zero-order chi connectivity index (χ0) is 13.5. The summed E-state index contributed by atoms with van der Waals surface area (Å²) >= 11 is 0. The van der Waals surface area contributed by atoms with Crippen LogP contribution in [0, 0.1) is 0 Å². The van der Waals surface area contributed by atoms with E-state index >= 15 is 0 Å². The van der Waals surface area contributed by atoms with E-state index in [0.717, 1.165) is 44.1 Å². The molecule has 0 amide bonds. The molecule has 0 aliphatic carbocycles. The Kier molecular flexibility index (Phi) is 5.10. The van der Waals surface area contributed by atoms with Crippen molar-refractivity contribution in [3.05, 3.63) is 47.5 Å². The van der Waals surface area contributed by atoms with Gasteiger partial charge in [0.05, 0.1) is 6.54 Å². The minimum absolute atomic E-state index is 0.878. The maximum atomic E-state index is 4.51. The second-order valence-electron chi connectivity index (χ2n) is 4.54. The number of benzene rings is 1. The van der Waals surface area contributed by atoms with Crippen LogP contribution in [0.4, 0.5) is 0 Å². The molecule has 0 unspecified atom stereocenters. The molecule has 0 spiro atoms. The molecule has 0 aliphatic rings. The van der Waals surface area contributed by atoms with Crippen molar-refractivity contribution < 1.29 is 0 Å². The number of aryl methyl sites for hydroxylation is 2. The lowest BCUT2D eigenvalue weighted by atomic mass is 10.2. The van der Waals surface area contributed by atoms with Crippen LogP contribution in [0.5, 0.6) is 0 Å². The smallest absolute Gasteiger partial charge is 0.150 e. The lowest BCUT2D eigenvalue weighted by Gasteiger charge is -2.06. The normalized spacial score (nSPS) is 10.8. The third-order valence-corrected chi connectivity index (χ3v) is 3.10. The van der Waals surface area contributed by atoms with Gasteiger partial charge in [0.2, 0.25) is 0 Å². The zero-order valence-corrected chi connectivity index (χ0v) is 11.8. The number of hydrogen-bond acceptors (Lipinski definition) is 3. The van der Waals surface area contributed by atoms with Crippen LogP contribution < -0.4 is 5.32 Å². The van der Waals surface area contributed by atoms with Crippen LogP contribution in [-0.2, 0) is 25.9 Å². The number of hydrogen-bond donors (Lipinski definition) is 1. The van der Waals surface area contributed by atoms with Gasteiger partial charge in [-0.25, -0.2) is 9.67 Å². The third-order valence-electron chi connectivity index (χ3n) is 3.10. The van der Waals surface area contributed by atoms with E-state index in [-0.39, 0.29) is 0 Å². The van der Waals surface area contributed by atoms with Gasteiger partial charge in [0.25, 0.3) is 0 Å². The summed E-state index contributed by atoms with van der Waals surface area (Å²) < 4.78 is 2.02. The lowest BCUT2D eigenvalue weighted by Crippen LogP contribution is -2.21. The molecular weight excluding hydrogens is 236 g/mol. The fraction of sp³-hybridized carbons (Fsp3) is 0.467. The fourth-order valence-corrected chi connectivity index (χ4v) is 2.03. The summed E-state index contributed by atoms with van der Waals surface area (Å²) in [5, 5.41) is 7.95. The maximum Gasteiger partial charge on any atom is 0.150 e. The molecule has 0 saturated heterocycles. The van der Waals surface area contributed by atoms with E-state index in [4.69, 9.17) is 0 Å². The van der Waals surface area contributed by atoms with Gasteiger partial charge >= 0.3 is 0 Å². The number of aromatic nitrogens is 3. The topological polar surface area (TPSA) is 42.7 Å². The fourth-order valence-electron chi connectivity index (χ4n) is 2.03. The summed E-state index contributed by atoms with van der Waals surface area (Å²) in [6, 6.07) is 10.4. The highest BCUT2D eigenvalue weighted by atomic mass is 15.3. The van der Waals surface area contributed by atoms with Crippen molar-refractivity contribution in [2.75, 3.05) is 6.54 Å². The van der Waals surface area contributed by atoms with Crippen LogP contribution >= 0.6 is 0 Å². The molecule has 0 radical (unpaired) electrons. The summed E-state index contributed by atoms with van der Waals surface area (Å²) in [6.45, 7) is 6.90. The van der Waals surface area contributed by atoms with E-state index in [9.17, 15) is 0 Å². The van der Waals surface area contributed by atoms with E-state index in [2.05, 4.69) is 53.5 Å². The quantitative estimate of drug-likeness (QED) is 0.774. The standard InChI is InChI=1S/C15H22N4/c1-3-14-17-15(4-2)19(18-14)11-10-16-12-13-8-6-5-7-9-13/h5-9,16H,3-4,10-12H2,1-2H3. The Morgan fingerprint density at radius 1 is 1.11 bits per heavy atom. The molecule has 1 aromatic heterocycles. The Morgan fingerprint density at radius 3 is 2.58 bits per heavy atom. The highest BCUT2D eigenvalue weighted by Crippen LogP contribution is 2.01. The van der Waals surface area contributed by atoms with Crippen molar-refractivity contribution >= 4 is 0 Å². The van der Waals surface area contributed by atoms with Gasteiger partial charge in [-0.1, -0.05) is 44.2 Å².